The van der Waals surface area contributed by atoms with Gasteiger partial charge in [0.05, 0.1) is 14.9 Å². The van der Waals surface area contributed by atoms with Gasteiger partial charge in [0.15, 0.2) is 0 Å². The van der Waals surface area contributed by atoms with E-state index in [0.29, 0.717) is 24.5 Å². The summed E-state index contributed by atoms with van der Waals surface area (Å²) in [6.07, 6.45) is 0.451. The lowest BCUT2D eigenvalue weighted by Gasteiger charge is -2.35. The molecule has 0 radical (unpaired) electrons. The first kappa shape index (κ1) is 19.5. The standard InChI is InChI=1S/C16H22Cl2N2O3S/c1-16(2,3)11-15(21)19-6-8-20(9-7-19)24(22,23)12-4-5-13(17)14(18)10-12/h4-5,10H,6-9,11H2,1-3H3. The molecule has 1 fully saturated rings. The Bertz CT molecular complexity index is 721. The van der Waals surface area contributed by atoms with Crippen LogP contribution in [0, 0.1) is 5.41 Å². The molecule has 1 heterocycles. The normalized spacial score (nSPS) is 17.1. The maximum absolute atomic E-state index is 12.7. The Morgan fingerprint density at radius 3 is 2.17 bits per heavy atom. The summed E-state index contributed by atoms with van der Waals surface area (Å²) in [6, 6.07) is 4.27. The van der Waals surface area contributed by atoms with Crippen LogP contribution in [0.25, 0.3) is 0 Å². The Kier molecular flexibility index (Phi) is 5.85. The van der Waals surface area contributed by atoms with Gasteiger partial charge in [-0.2, -0.15) is 4.31 Å². The number of carbonyl (C=O) groups excluding carboxylic acids is 1. The summed E-state index contributed by atoms with van der Waals surface area (Å²) in [5.74, 6) is 0.0640. The van der Waals surface area contributed by atoms with E-state index in [2.05, 4.69) is 0 Å². The summed E-state index contributed by atoms with van der Waals surface area (Å²) in [5, 5.41) is 0.518. The lowest BCUT2D eigenvalue weighted by molar-refractivity contribution is -0.134. The molecule has 0 spiro atoms. The molecule has 1 aromatic rings. The zero-order valence-electron chi connectivity index (χ0n) is 14.1. The number of rotatable bonds is 3. The second-order valence-electron chi connectivity index (χ2n) is 7.10. The van der Waals surface area contributed by atoms with Crippen molar-refractivity contribution in [2.75, 3.05) is 26.2 Å². The van der Waals surface area contributed by atoms with Gasteiger partial charge >= 0.3 is 0 Å². The van der Waals surface area contributed by atoms with Crippen molar-refractivity contribution >= 4 is 39.1 Å². The first-order valence-electron chi connectivity index (χ1n) is 7.74. The molecular weight excluding hydrogens is 371 g/mol. The van der Waals surface area contributed by atoms with E-state index in [0.717, 1.165) is 0 Å². The van der Waals surface area contributed by atoms with Gasteiger partial charge in [0.1, 0.15) is 0 Å². The molecule has 0 unspecified atom stereocenters. The summed E-state index contributed by atoms with van der Waals surface area (Å²) in [4.78, 5) is 14.1. The molecule has 0 atom stereocenters. The van der Waals surface area contributed by atoms with Gasteiger partial charge < -0.3 is 4.90 Å². The number of sulfonamides is 1. The summed E-state index contributed by atoms with van der Waals surface area (Å²) < 4.78 is 26.7. The van der Waals surface area contributed by atoms with Gasteiger partial charge in [-0.3, -0.25) is 4.79 Å². The Labute approximate surface area is 153 Å². The molecule has 0 aromatic heterocycles. The smallest absolute Gasteiger partial charge is 0.243 e. The second kappa shape index (κ2) is 7.20. The van der Waals surface area contributed by atoms with Crippen molar-refractivity contribution in [3.63, 3.8) is 0 Å². The first-order chi connectivity index (χ1) is 11.0. The maximum Gasteiger partial charge on any atom is 0.243 e. The fraction of sp³-hybridized carbons (Fsp3) is 0.562. The third-order valence-corrected chi connectivity index (χ3v) is 6.44. The van der Waals surface area contributed by atoms with Crippen LogP contribution in [0.4, 0.5) is 0 Å². The van der Waals surface area contributed by atoms with E-state index in [1.807, 2.05) is 20.8 Å². The molecule has 8 heteroatoms. The Morgan fingerprint density at radius 1 is 1.08 bits per heavy atom. The van der Waals surface area contributed by atoms with E-state index in [-0.39, 0.29) is 34.3 Å². The number of hydrogen-bond donors (Lipinski definition) is 0. The molecule has 0 saturated carbocycles. The largest absolute Gasteiger partial charge is 0.340 e. The monoisotopic (exact) mass is 392 g/mol. The van der Waals surface area contributed by atoms with Crippen molar-refractivity contribution in [1.82, 2.24) is 9.21 Å². The van der Waals surface area contributed by atoms with Gasteiger partial charge in [-0.05, 0) is 23.6 Å². The van der Waals surface area contributed by atoms with Crippen molar-refractivity contribution in [1.29, 1.82) is 0 Å². The van der Waals surface area contributed by atoms with E-state index in [1.165, 1.54) is 22.5 Å². The third-order valence-electron chi connectivity index (χ3n) is 3.80. The van der Waals surface area contributed by atoms with Gasteiger partial charge in [0.2, 0.25) is 15.9 Å². The second-order valence-corrected chi connectivity index (χ2v) is 9.85. The van der Waals surface area contributed by atoms with Gasteiger partial charge in [-0.1, -0.05) is 44.0 Å². The van der Waals surface area contributed by atoms with Crippen molar-refractivity contribution < 1.29 is 13.2 Å². The minimum atomic E-state index is -3.63. The quantitative estimate of drug-likeness (QED) is 0.792. The van der Waals surface area contributed by atoms with Crippen LogP contribution < -0.4 is 0 Å². The van der Waals surface area contributed by atoms with Gasteiger partial charge in [0.25, 0.3) is 0 Å². The fourth-order valence-electron chi connectivity index (χ4n) is 2.53. The molecule has 1 aliphatic rings. The molecule has 2 rings (SSSR count). The number of nitrogens with zero attached hydrogens (tertiary/aromatic N) is 2. The van der Waals surface area contributed by atoms with Gasteiger partial charge in [-0.15, -0.1) is 0 Å². The third kappa shape index (κ3) is 4.63. The van der Waals surface area contributed by atoms with E-state index < -0.39 is 10.0 Å². The molecular formula is C16H22Cl2N2O3S. The Balaban J connectivity index is 2.05. The highest BCUT2D eigenvalue weighted by Crippen LogP contribution is 2.27. The average molecular weight is 393 g/mol. The van der Waals surface area contributed by atoms with Crippen LogP contribution in [0.3, 0.4) is 0 Å². The summed E-state index contributed by atoms with van der Waals surface area (Å²) in [7, 11) is -3.63. The van der Waals surface area contributed by atoms with Crippen LogP contribution in [-0.2, 0) is 14.8 Å². The average Bonchev–Trinajstić information content (AvgIpc) is 2.48. The molecule has 134 valence electrons. The highest BCUT2D eigenvalue weighted by molar-refractivity contribution is 7.89. The topological polar surface area (TPSA) is 57.7 Å². The van der Waals surface area contributed by atoms with Crippen molar-refractivity contribution in [3.05, 3.63) is 28.2 Å². The number of halogens is 2. The highest BCUT2D eigenvalue weighted by Gasteiger charge is 2.31. The number of amides is 1. The van der Waals surface area contributed by atoms with Crippen molar-refractivity contribution in [3.8, 4) is 0 Å². The Morgan fingerprint density at radius 2 is 1.67 bits per heavy atom. The molecule has 0 aliphatic carbocycles. The molecule has 24 heavy (non-hydrogen) atoms. The first-order valence-corrected chi connectivity index (χ1v) is 9.93. The minimum Gasteiger partial charge on any atom is -0.340 e. The van der Waals surface area contributed by atoms with Crippen LogP contribution in [0.2, 0.25) is 10.0 Å². The molecule has 1 saturated heterocycles. The van der Waals surface area contributed by atoms with Crippen LogP contribution in [0.1, 0.15) is 27.2 Å². The predicted octanol–water partition coefficient (Wildman–Crippen LogP) is 3.26. The van der Waals surface area contributed by atoms with Crippen LogP contribution >= 0.6 is 23.2 Å². The van der Waals surface area contributed by atoms with E-state index in [9.17, 15) is 13.2 Å². The van der Waals surface area contributed by atoms with Gasteiger partial charge in [-0.25, -0.2) is 8.42 Å². The van der Waals surface area contributed by atoms with E-state index in [1.54, 1.807) is 4.90 Å². The summed E-state index contributed by atoms with van der Waals surface area (Å²) in [5.41, 5.74) is -0.0830. The zero-order valence-corrected chi connectivity index (χ0v) is 16.4. The SMILES string of the molecule is CC(C)(C)CC(=O)N1CCN(S(=O)(=O)c2ccc(Cl)c(Cl)c2)CC1. The summed E-state index contributed by atoms with van der Waals surface area (Å²) in [6.45, 7) is 7.38. The van der Waals surface area contributed by atoms with Crippen LogP contribution in [0.15, 0.2) is 23.1 Å². The minimum absolute atomic E-state index is 0.0640. The lowest BCUT2D eigenvalue weighted by Crippen LogP contribution is -2.51. The van der Waals surface area contributed by atoms with E-state index >= 15 is 0 Å². The summed E-state index contributed by atoms with van der Waals surface area (Å²) >= 11 is 11.8. The number of piperazine rings is 1. The maximum atomic E-state index is 12.7. The number of hydrogen-bond acceptors (Lipinski definition) is 3. The Hall–Kier alpha value is -0.820. The van der Waals surface area contributed by atoms with Crippen LogP contribution in [0.5, 0.6) is 0 Å². The van der Waals surface area contributed by atoms with Crippen LogP contribution in [-0.4, -0.2) is 49.7 Å². The molecule has 0 bridgehead atoms. The molecule has 1 aliphatic heterocycles. The molecule has 5 nitrogen and oxygen atoms in total. The van der Waals surface area contributed by atoms with Crippen molar-refractivity contribution in [2.24, 2.45) is 5.41 Å². The molecule has 0 N–H and O–H groups in total. The van der Waals surface area contributed by atoms with Gasteiger partial charge in [0, 0.05) is 32.6 Å². The highest BCUT2D eigenvalue weighted by atomic mass is 35.5. The number of carbonyl (C=O) groups is 1. The molecule has 1 aromatic carbocycles. The van der Waals surface area contributed by atoms with Crippen molar-refractivity contribution in [2.45, 2.75) is 32.1 Å². The predicted molar refractivity (Wildman–Crippen MR) is 95.9 cm³/mol. The van der Waals surface area contributed by atoms with E-state index in [4.69, 9.17) is 23.2 Å². The molecule has 1 amide bonds. The lowest BCUT2D eigenvalue weighted by atomic mass is 9.91. The number of benzene rings is 1. The fourth-order valence-corrected chi connectivity index (χ4v) is 4.34. The zero-order chi connectivity index (χ0) is 18.1.